The molecule has 1 N–H and O–H groups in total. The van der Waals surface area contributed by atoms with E-state index < -0.39 is 5.82 Å². The van der Waals surface area contributed by atoms with Crippen molar-refractivity contribution in [1.29, 1.82) is 0 Å². The number of hydrogen-bond donors (Lipinski definition) is 1. The fraction of sp³-hybridized carbons (Fsp3) is 0.609. The molecule has 2 saturated heterocycles. The lowest BCUT2D eigenvalue weighted by atomic mass is 9.90. The number of carbonyl (C=O) groups is 3. The molecule has 1 aliphatic carbocycles. The molecule has 2 heterocycles. The first-order valence-corrected chi connectivity index (χ1v) is 11.7. The van der Waals surface area contributed by atoms with Crippen molar-refractivity contribution in [2.75, 3.05) is 32.8 Å². The lowest BCUT2D eigenvalue weighted by Gasteiger charge is -2.34. The second-order valence-corrected chi connectivity index (χ2v) is 9.39. The van der Waals surface area contributed by atoms with E-state index in [1.165, 1.54) is 12.1 Å². The zero-order valence-corrected chi connectivity index (χ0v) is 19.0. The number of piperidine rings is 2. The highest BCUT2D eigenvalue weighted by molar-refractivity contribution is 6.31. The molecule has 7 nitrogen and oxygen atoms in total. The standard InChI is InChI=1S/C23H29ClFN3O4/c1-2-32-22(31)28-10-6-15(7-11-28)26-20(29)17-14-23(17)8-12-27(13-9-23)21(30)16-4-3-5-18(24)19(16)25/h3-5,15,17H,2,6-14H2,1H3,(H,26,29). The Hall–Kier alpha value is -2.35. The van der Waals surface area contributed by atoms with E-state index in [0.29, 0.717) is 32.8 Å². The maximum Gasteiger partial charge on any atom is 0.409 e. The Balaban J connectivity index is 1.24. The van der Waals surface area contributed by atoms with E-state index in [2.05, 4.69) is 5.32 Å². The Morgan fingerprint density at radius 1 is 1.16 bits per heavy atom. The number of nitrogens with zero attached hydrogens (tertiary/aromatic N) is 2. The first kappa shape index (κ1) is 22.8. The van der Waals surface area contributed by atoms with Gasteiger partial charge in [-0.3, -0.25) is 9.59 Å². The molecule has 1 spiro atoms. The summed E-state index contributed by atoms with van der Waals surface area (Å²) in [4.78, 5) is 40.7. The number of likely N-dealkylation sites (tertiary alicyclic amines) is 2. The number of amides is 3. The van der Waals surface area contributed by atoms with Crippen molar-refractivity contribution in [2.45, 2.75) is 45.1 Å². The number of halogens is 2. The fourth-order valence-corrected chi connectivity index (χ4v) is 5.16. The van der Waals surface area contributed by atoms with Gasteiger partial charge in [0.05, 0.1) is 17.2 Å². The molecular formula is C23H29ClFN3O4. The summed E-state index contributed by atoms with van der Waals surface area (Å²) in [7, 11) is 0. The number of rotatable bonds is 4. The normalized spacial score (nSPS) is 22.5. The number of ether oxygens (including phenoxy) is 1. The van der Waals surface area contributed by atoms with Crippen LogP contribution in [0.1, 0.15) is 49.4 Å². The van der Waals surface area contributed by atoms with Crippen LogP contribution < -0.4 is 5.32 Å². The molecule has 0 aromatic heterocycles. The van der Waals surface area contributed by atoms with Crippen LogP contribution in [0.5, 0.6) is 0 Å². The molecule has 3 aliphatic rings. The van der Waals surface area contributed by atoms with E-state index in [0.717, 1.165) is 32.1 Å². The van der Waals surface area contributed by atoms with Gasteiger partial charge in [-0.2, -0.15) is 0 Å². The molecule has 0 radical (unpaired) electrons. The Kier molecular flexibility index (Phi) is 6.60. The summed E-state index contributed by atoms with van der Waals surface area (Å²) in [6, 6.07) is 4.52. The zero-order valence-electron chi connectivity index (χ0n) is 18.2. The van der Waals surface area contributed by atoms with Gasteiger partial charge < -0.3 is 19.9 Å². The number of nitrogens with one attached hydrogen (secondary N) is 1. The van der Waals surface area contributed by atoms with Crippen LogP contribution in [0.25, 0.3) is 0 Å². The quantitative estimate of drug-likeness (QED) is 0.738. The van der Waals surface area contributed by atoms with Gasteiger partial charge >= 0.3 is 6.09 Å². The molecule has 2 aliphatic heterocycles. The molecule has 4 rings (SSSR count). The highest BCUT2D eigenvalue weighted by Crippen LogP contribution is 2.59. The van der Waals surface area contributed by atoms with Crippen LogP contribution in [0.3, 0.4) is 0 Å². The SMILES string of the molecule is CCOC(=O)N1CCC(NC(=O)C2CC23CCN(C(=O)c2cccc(Cl)c2F)CC3)CC1. The van der Waals surface area contributed by atoms with E-state index in [-0.39, 0.29) is 45.9 Å². The number of carbonyl (C=O) groups excluding carboxylic acids is 3. The summed E-state index contributed by atoms with van der Waals surface area (Å²) in [5, 5.41) is 3.10. The van der Waals surface area contributed by atoms with Gasteiger partial charge in [0.2, 0.25) is 5.91 Å². The molecule has 174 valence electrons. The molecule has 9 heteroatoms. The van der Waals surface area contributed by atoms with Gasteiger partial charge in [0.15, 0.2) is 5.82 Å². The molecule has 1 aromatic carbocycles. The number of hydrogen-bond acceptors (Lipinski definition) is 4. The summed E-state index contributed by atoms with van der Waals surface area (Å²) in [6.45, 7) is 4.31. The van der Waals surface area contributed by atoms with Gasteiger partial charge in [-0.25, -0.2) is 9.18 Å². The average molecular weight is 466 g/mol. The van der Waals surface area contributed by atoms with Gasteiger partial charge in [-0.05, 0) is 56.6 Å². The summed E-state index contributed by atoms with van der Waals surface area (Å²) in [6.07, 6.45) is 3.45. The lowest BCUT2D eigenvalue weighted by Crippen LogP contribution is -2.47. The predicted octanol–water partition coefficient (Wildman–Crippen LogP) is 3.46. The van der Waals surface area contributed by atoms with Gasteiger partial charge in [-0.1, -0.05) is 17.7 Å². The second kappa shape index (κ2) is 9.25. The molecule has 1 aromatic rings. The largest absolute Gasteiger partial charge is 0.450 e. The molecule has 3 fully saturated rings. The molecular weight excluding hydrogens is 437 g/mol. The van der Waals surface area contributed by atoms with Gasteiger partial charge in [0.25, 0.3) is 5.91 Å². The van der Waals surface area contributed by atoms with E-state index in [9.17, 15) is 18.8 Å². The molecule has 1 saturated carbocycles. The predicted molar refractivity (Wildman–Crippen MR) is 117 cm³/mol. The van der Waals surface area contributed by atoms with Gasteiger partial charge in [-0.15, -0.1) is 0 Å². The van der Waals surface area contributed by atoms with Crippen molar-refractivity contribution < 1.29 is 23.5 Å². The minimum absolute atomic E-state index is 0.00676. The smallest absolute Gasteiger partial charge is 0.409 e. The summed E-state index contributed by atoms with van der Waals surface area (Å²) < 4.78 is 19.2. The fourth-order valence-electron chi connectivity index (χ4n) is 4.99. The third kappa shape index (κ3) is 4.56. The topological polar surface area (TPSA) is 79.0 Å². The van der Waals surface area contributed by atoms with E-state index >= 15 is 0 Å². The van der Waals surface area contributed by atoms with E-state index in [1.807, 2.05) is 0 Å². The Bertz CT molecular complexity index is 895. The van der Waals surface area contributed by atoms with Crippen molar-refractivity contribution in [3.05, 3.63) is 34.6 Å². The van der Waals surface area contributed by atoms with E-state index in [4.69, 9.17) is 16.3 Å². The van der Waals surface area contributed by atoms with Crippen molar-refractivity contribution in [1.82, 2.24) is 15.1 Å². The molecule has 1 unspecified atom stereocenters. The summed E-state index contributed by atoms with van der Waals surface area (Å²) in [5.41, 5.74) is -0.0629. The van der Waals surface area contributed by atoms with Crippen LogP contribution in [-0.4, -0.2) is 66.5 Å². The van der Waals surface area contributed by atoms with Crippen LogP contribution in [0, 0.1) is 17.2 Å². The Morgan fingerprint density at radius 3 is 2.50 bits per heavy atom. The van der Waals surface area contributed by atoms with Crippen LogP contribution in [0.15, 0.2) is 18.2 Å². The van der Waals surface area contributed by atoms with Crippen LogP contribution >= 0.6 is 11.6 Å². The van der Waals surface area contributed by atoms with Crippen LogP contribution in [0.2, 0.25) is 5.02 Å². The Labute approximate surface area is 192 Å². The third-order valence-electron chi connectivity index (χ3n) is 7.10. The minimum Gasteiger partial charge on any atom is -0.450 e. The van der Waals surface area contributed by atoms with Crippen LogP contribution in [0.4, 0.5) is 9.18 Å². The first-order valence-electron chi connectivity index (χ1n) is 11.3. The summed E-state index contributed by atoms with van der Waals surface area (Å²) in [5.74, 6) is -1.00. The van der Waals surface area contributed by atoms with Crippen molar-refractivity contribution >= 4 is 29.5 Å². The monoisotopic (exact) mass is 465 g/mol. The minimum atomic E-state index is -0.683. The Morgan fingerprint density at radius 2 is 1.84 bits per heavy atom. The maximum absolute atomic E-state index is 14.2. The average Bonchev–Trinajstić information content (AvgIpc) is 3.49. The van der Waals surface area contributed by atoms with Crippen molar-refractivity contribution in [3.63, 3.8) is 0 Å². The number of benzene rings is 1. The maximum atomic E-state index is 14.2. The van der Waals surface area contributed by atoms with E-state index in [1.54, 1.807) is 22.8 Å². The third-order valence-corrected chi connectivity index (χ3v) is 7.39. The van der Waals surface area contributed by atoms with Crippen molar-refractivity contribution in [2.24, 2.45) is 11.3 Å². The lowest BCUT2D eigenvalue weighted by molar-refractivity contribution is -0.124. The van der Waals surface area contributed by atoms with Gasteiger partial charge in [0.1, 0.15) is 0 Å². The summed E-state index contributed by atoms with van der Waals surface area (Å²) >= 11 is 5.81. The molecule has 0 bridgehead atoms. The van der Waals surface area contributed by atoms with Crippen molar-refractivity contribution in [3.8, 4) is 0 Å². The second-order valence-electron chi connectivity index (χ2n) is 8.98. The molecule has 3 amide bonds. The molecule has 1 atom stereocenters. The highest BCUT2D eigenvalue weighted by atomic mass is 35.5. The van der Waals surface area contributed by atoms with Gasteiger partial charge in [0, 0.05) is 38.1 Å². The zero-order chi connectivity index (χ0) is 22.9. The van der Waals surface area contributed by atoms with Crippen LogP contribution in [-0.2, 0) is 9.53 Å². The molecule has 32 heavy (non-hydrogen) atoms. The highest BCUT2D eigenvalue weighted by Gasteiger charge is 2.59. The first-order chi connectivity index (χ1) is 15.3.